The molecule has 0 aromatic carbocycles. The minimum absolute atomic E-state index is 0.103. The maximum absolute atomic E-state index is 5.31. The second kappa shape index (κ2) is 3.47. The predicted octanol–water partition coefficient (Wildman–Crippen LogP) is 1.28. The standard InChI is InChI=1S/C8H13N3O/c1-5(2)12-8-10-6(3)9-7(4)11-8/h5H,1-4H3. The molecule has 0 N–H and O–H groups in total. The molecule has 0 atom stereocenters. The minimum atomic E-state index is 0.103. The van der Waals surface area contributed by atoms with E-state index in [1.807, 2.05) is 27.7 Å². The molecule has 0 aliphatic rings. The Kier molecular flexibility index (Phi) is 2.58. The molecule has 66 valence electrons. The van der Waals surface area contributed by atoms with Crippen LogP contribution in [0.15, 0.2) is 0 Å². The molecule has 1 heterocycles. The van der Waals surface area contributed by atoms with Crippen LogP contribution >= 0.6 is 0 Å². The first-order valence-corrected chi connectivity index (χ1v) is 3.94. The SMILES string of the molecule is Cc1nc(C)nc(OC(C)C)n1. The van der Waals surface area contributed by atoms with Crippen molar-refractivity contribution >= 4 is 0 Å². The highest BCUT2D eigenvalue weighted by Gasteiger charge is 2.02. The zero-order chi connectivity index (χ0) is 9.14. The van der Waals surface area contributed by atoms with Crippen molar-refractivity contribution in [3.05, 3.63) is 11.6 Å². The molecule has 0 saturated carbocycles. The quantitative estimate of drug-likeness (QED) is 0.665. The van der Waals surface area contributed by atoms with Crippen LogP contribution in [0.25, 0.3) is 0 Å². The van der Waals surface area contributed by atoms with Crippen molar-refractivity contribution < 1.29 is 4.74 Å². The summed E-state index contributed by atoms with van der Waals surface area (Å²) in [6.45, 7) is 7.52. The third kappa shape index (κ3) is 2.45. The molecular weight excluding hydrogens is 154 g/mol. The van der Waals surface area contributed by atoms with Crippen LogP contribution in [0.4, 0.5) is 0 Å². The van der Waals surface area contributed by atoms with Gasteiger partial charge in [0, 0.05) is 0 Å². The molecule has 0 amide bonds. The molecule has 0 fully saturated rings. The second-order valence-corrected chi connectivity index (χ2v) is 2.88. The summed E-state index contributed by atoms with van der Waals surface area (Å²) in [4.78, 5) is 12.1. The number of nitrogens with zero attached hydrogens (tertiary/aromatic N) is 3. The summed E-state index contributed by atoms with van der Waals surface area (Å²) in [5, 5.41) is 0. The van der Waals surface area contributed by atoms with Gasteiger partial charge in [0.25, 0.3) is 0 Å². The molecule has 0 unspecified atom stereocenters. The summed E-state index contributed by atoms with van der Waals surface area (Å²) in [7, 11) is 0. The van der Waals surface area contributed by atoms with Crippen molar-refractivity contribution in [3.8, 4) is 6.01 Å². The van der Waals surface area contributed by atoms with E-state index in [0.29, 0.717) is 17.7 Å². The Morgan fingerprint density at radius 1 is 1.00 bits per heavy atom. The van der Waals surface area contributed by atoms with Gasteiger partial charge in [-0.3, -0.25) is 0 Å². The minimum Gasteiger partial charge on any atom is -0.461 e. The number of aryl methyl sites for hydroxylation is 2. The van der Waals surface area contributed by atoms with Gasteiger partial charge >= 0.3 is 6.01 Å². The first-order valence-electron chi connectivity index (χ1n) is 3.94. The molecule has 4 heteroatoms. The lowest BCUT2D eigenvalue weighted by atomic mass is 10.5. The molecule has 0 aliphatic heterocycles. The predicted molar refractivity (Wildman–Crippen MR) is 45.1 cm³/mol. The summed E-state index contributed by atoms with van der Waals surface area (Å²) in [6.07, 6.45) is 0.103. The average molecular weight is 167 g/mol. The van der Waals surface area contributed by atoms with E-state index < -0.39 is 0 Å². The lowest BCUT2D eigenvalue weighted by molar-refractivity contribution is 0.220. The molecule has 1 aromatic heterocycles. The summed E-state index contributed by atoms with van der Waals surface area (Å²) in [6, 6.07) is 0.412. The van der Waals surface area contributed by atoms with E-state index in [1.54, 1.807) is 0 Å². The molecular formula is C8H13N3O. The number of aromatic nitrogens is 3. The molecule has 0 spiro atoms. The summed E-state index contributed by atoms with van der Waals surface area (Å²) < 4.78 is 5.31. The molecule has 4 nitrogen and oxygen atoms in total. The largest absolute Gasteiger partial charge is 0.461 e. The van der Waals surface area contributed by atoms with Crippen molar-refractivity contribution in [1.29, 1.82) is 0 Å². The van der Waals surface area contributed by atoms with Gasteiger partial charge in [-0.05, 0) is 27.7 Å². The van der Waals surface area contributed by atoms with Crippen LogP contribution in [0.5, 0.6) is 6.01 Å². The second-order valence-electron chi connectivity index (χ2n) is 2.88. The van der Waals surface area contributed by atoms with Crippen molar-refractivity contribution in [2.75, 3.05) is 0 Å². The summed E-state index contributed by atoms with van der Waals surface area (Å²) in [5.74, 6) is 1.39. The average Bonchev–Trinajstić information content (AvgIpc) is 1.81. The Labute approximate surface area is 72.0 Å². The Morgan fingerprint density at radius 3 is 1.92 bits per heavy atom. The molecule has 0 saturated heterocycles. The van der Waals surface area contributed by atoms with Crippen LogP contribution in [-0.2, 0) is 0 Å². The topological polar surface area (TPSA) is 47.9 Å². The first-order chi connectivity index (χ1) is 5.58. The Bertz CT molecular complexity index is 253. The van der Waals surface area contributed by atoms with Crippen molar-refractivity contribution in [2.24, 2.45) is 0 Å². The highest BCUT2D eigenvalue weighted by atomic mass is 16.5. The Hall–Kier alpha value is -1.19. The van der Waals surface area contributed by atoms with Gasteiger partial charge in [-0.25, -0.2) is 4.98 Å². The van der Waals surface area contributed by atoms with Gasteiger partial charge in [-0.1, -0.05) is 0 Å². The summed E-state index contributed by atoms with van der Waals surface area (Å²) >= 11 is 0. The van der Waals surface area contributed by atoms with Gasteiger partial charge in [-0.2, -0.15) is 9.97 Å². The maximum Gasteiger partial charge on any atom is 0.320 e. The smallest absolute Gasteiger partial charge is 0.320 e. The number of ether oxygens (including phenoxy) is 1. The fourth-order valence-electron chi connectivity index (χ4n) is 0.850. The molecule has 12 heavy (non-hydrogen) atoms. The zero-order valence-electron chi connectivity index (χ0n) is 7.83. The molecule has 1 aromatic rings. The highest BCUT2D eigenvalue weighted by molar-refractivity contribution is 4.99. The van der Waals surface area contributed by atoms with Gasteiger partial charge in [0.05, 0.1) is 6.10 Å². The van der Waals surface area contributed by atoms with Crippen LogP contribution in [-0.4, -0.2) is 21.1 Å². The van der Waals surface area contributed by atoms with Crippen LogP contribution in [0, 0.1) is 13.8 Å². The van der Waals surface area contributed by atoms with Crippen LogP contribution in [0.2, 0.25) is 0 Å². The van der Waals surface area contributed by atoms with Gasteiger partial charge in [-0.15, -0.1) is 0 Å². The third-order valence-electron chi connectivity index (χ3n) is 1.18. The molecule has 0 bridgehead atoms. The van der Waals surface area contributed by atoms with E-state index in [9.17, 15) is 0 Å². The fourth-order valence-corrected chi connectivity index (χ4v) is 0.850. The van der Waals surface area contributed by atoms with Crippen molar-refractivity contribution in [2.45, 2.75) is 33.8 Å². The number of hydrogen-bond donors (Lipinski definition) is 0. The monoisotopic (exact) mass is 167 g/mol. The maximum atomic E-state index is 5.31. The van der Waals surface area contributed by atoms with E-state index in [4.69, 9.17) is 4.74 Å². The van der Waals surface area contributed by atoms with Crippen LogP contribution in [0.3, 0.4) is 0 Å². The highest BCUT2D eigenvalue weighted by Crippen LogP contribution is 2.04. The Morgan fingerprint density at radius 2 is 1.50 bits per heavy atom. The van der Waals surface area contributed by atoms with Gasteiger partial charge in [0.2, 0.25) is 0 Å². The number of rotatable bonds is 2. The van der Waals surface area contributed by atoms with E-state index in [2.05, 4.69) is 15.0 Å². The lowest BCUT2D eigenvalue weighted by Crippen LogP contribution is -2.10. The molecule has 0 aliphatic carbocycles. The summed E-state index contributed by atoms with van der Waals surface area (Å²) in [5.41, 5.74) is 0. The zero-order valence-corrected chi connectivity index (χ0v) is 7.83. The van der Waals surface area contributed by atoms with Gasteiger partial charge in [0.1, 0.15) is 11.6 Å². The normalized spacial score (nSPS) is 10.4. The van der Waals surface area contributed by atoms with E-state index in [1.165, 1.54) is 0 Å². The van der Waals surface area contributed by atoms with Gasteiger partial charge < -0.3 is 4.74 Å². The number of hydrogen-bond acceptors (Lipinski definition) is 4. The first kappa shape index (κ1) is 8.90. The van der Waals surface area contributed by atoms with E-state index >= 15 is 0 Å². The molecule has 0 radical (unpaired) electrons. The Balaban J connectivity index is 2.85. The van der Waals surface area contributed by atoms with Crippen molar-refractivity contribution in [3.63, 3.8) is 0 Å². The van der Waals surface area contributed by atoms with Crippen LogP contribution in [0.1, 0.15) is 25.5 Å². The van der Waals surface area contributed by atoms with Gasteiger partial charge in [0.15, 0.2) is 0 Å². The van der Waals surface area contributed by atoms with E-state index in [-0.39, 0.29) is 6.10 Å². The van der Waals surface area contributed by atoms with Crippen molar-refractivity contribution in [1.82, 2.24) is 15.0 Å². The lowest BCUT2D eigenvalue weighted by Gasteiger charge is -2.07. The van der Waals surface area contributed by atoms with E-state index in [0.717, 1.165) is 0 Å². The van der Waals surface area contributed by atoms with Crippen LogP contribution < -0.4 is 4.74 Å². The third-order valence-corrected chi connectivity index (χ3v) is 1.18. The fraction of sp³-hybridized carbons (Fsp3) is 0.625. The molecule has 1 rings (SSSR count).